The topological polar surface area (TPSA) is 83.8 Å². The van der Waals surface area contributed by atoms with Gasteiger partial charge in [-0.25, -0.2) is 0 Å². The molecule has 0 bridgehead atoms. The quantitative estimate of drug-likeness (QED) is 0.569. The van der Waals surface area contributed by atoms with Crippen molar-refractivity contribution in [1.29, 1.82) is 0 Å². The molecule has 0 atom stereocenters. The number of carbonyl (C=O) groups is 2. The summed E-state index contributed by atoms with van der Waals surface area (Å²) in [5, 5.41) is 18.7. The first-order valence-corrected chi connectivity index (χ1v) is 7.85. The second kappa shape index (κ2) is 8.68. The van der Waals surface area contributed by atoms with E-state index in [0.29, 0.717) is 12.2 Å². The van der Waals surface area contributed by atoms with Crippen LogP contribution in [-0.2, 0) is 16.0 Å². The summed E-state index contributed by atoms with van der Waals surface area (Å²) in [5.41, 5.74) is 1.63. The molecule has 0 unspecified atom stereocenters. The number of hydrogen-bond donors (Lipinski definition) is 2. The van der Waals surface area contributed by atoms with E-state index in [1.54, 1.807) is 30.3 Å². The molecule has 0 aliphatic carbocycles. The first-order chi connectivity index (χ1) is 12.0. The smallest absolute Gasteiger partial charge is 0.163 e. The average Bonchev–Trinajstić information content (AvgIpc) is 2.60. The predicted molar refractivity (Wildman–Crippen MR) is 94.8 cm³/mol. The number of aromatic hydroxyl groups is 2. The molecule has 2 N–H and O–H groups in total. The summed E-state index contributed by atoms with van der Waals surface area (Å²) in [7, 11) is 1.46. The number of ether oxygens (including phenoxy) is 1. The van der Waals surface area contributed by atoms with Gasteiger partial charge in [0.25, 0.3) is 0 Å². The lowest BCUT2D eigenvalue weighted by Crippen LogP contribution is -2.06. The van der Waals surface area contributed by atoms with Crippen LogP contribution in [0, 0.1) is 0 Å². The van der Waals surface area contributed by atoms with Crippen LogP contribution in [0.3, 0.4) is 0 Å². The number of carbonyl (C=O) groups excluding carboxylic acids is 2. The molecule has 0 fully saturated rings. The molecule has 5 nitrogen and oxygen atoms in total. The predicted octanol–water partition coefficient (Wildman–Crippen LogP) is 3.28. The average molecular weight is 340 g/mol. The van der Waals surface area contributed by atoms with Gasteiger partial charge in [-0.2, -0.15) is 0 Å². The number of aryl methyl sites for hydroxylation is 1. The van der Waals surface area contributed by atoms with E-state index in [0.717, 1.165) is 11.1 Å². The van der Waals surface area contributed by atoms with Crippen LogP contribution >= 0.6 is 0 Å². The van der Waals surface area contributed by atoms with Crippen molar-refractivity contribution in [2.45, 2.75) is 19.3 Å². The Morgan fingerprint density at radius 2 is 1.80 bits per heavy atom. The molecule has 25 heavy (non-hydrogen) atoms. The second-order valence-electron chi connectivity index (χ2n) is 5.61. The molecular formula is C20H20O5. The second-order valence-corrected chi connectivity index (χ2v) is 5.61. The molecule has 0 saturated heterocycles. The van der Waals surface area contributed by atoms with Crippen molar-refractivity contribution in [3.63, 3.8) is 0 Å². The molecule has 5 heteroatoms. The third-order valence-corrected chi connectivity index (χ3v) is 3.66. The van der Waals surface area contributed by atoms with Crippen LogP contribution < -0.4 is 4.74 Å². The third-order valence-electron chi connectivity index (χ3n) is 3.66. The van der Waals surface area contributed by atoms with Crippen LogP contribution in [0.2, 0.25) is 0 Å². The zero-order valence-electron chi connectivity index (χ0n) is 13.9. The lowest BCUT2D eigenvalue weighted by Gasteiger charge is -2.06. The minimum absolute atomic E-state index is 0.0483. The number of rotatable bonds is 8. The van der Waals surface area contributed by atoms with E-state index < -0.39 is 0 Å². The van der Waals surface area contributed by atoms with Gasteiger partial charge in [-0.1, -0.05) is 24.3 Å². The van der Waals surface area contributed by atoms with Gasteiger partial charge < -0.3 is 14.9 Å². The zero-order chi connectivity index (χ0) is 18.2. The number of phenolic OH excluding ortho intramolecular Hbond substituents is 2. The fourth-order valence-electron chi connectivity index (χ4n) is 2.28. The van der Waals surface area contributed by atoms with E-state index in [1.165, 1.54) is 31.4 Å². The Hall–Kier alpha value is -3.08. The van der Waals surface area contributed by atoms with E-state index in [9.17, 15) is 19.8 Å². The highest BCUT2D eigenvalue weighted by atomic mass is 16.5. The van der Waals surface area contributed by atoms with Crippen molar-refractivity contribution in [2.75, 3.05) is 7.11 Å². The number of methoxy groups -OCH3 is 1. The Bertz CT molecular complexity index is 775. The molecule has 0 aromatic heterocycles. The molecule has 0 aliphatic heterocycles. The zero-order valence-corrected chi connectivity index (χ0v) is 13.9. The molecule has 2 rings (SSSR count). The highest BCUT2D eigenvalue weighted by molar-refractivity contribution is 6.06. The Kier molecular flexibility index (Phi) is 6.34. The summed E-state index contributed by atoms with van der Waals surface area (Å²) in [4.78, 5) is 23.8. The van der Waals surface area contributed by atoms with Crippen molar-refractivity contribution < 1.29 is 24.5 Å². The maximum atomic E-state index is 11.9. The molecule has 0 heterocycles. The maximum absolute atomic E-state index is 11.9. The van der Waals surface area contributed by atoms with E-state index in [1.807, 2.05) is 0 Å². The van der Waals surface area contributed by atoms with Gasteiger partial charge in [0.15, 0.2) is 17.3 Å². The maximum Gasteiger partial charge on any atom is 0.163 e. The number of ketones is 2. The van der Waals surface area contributed by atoms with Crippen LogP contribution in [0.15, 0.2) is 48.5 Å². The van der Waals surface area contributed by atoms with Crippen molar-refractivity contribution >= 4 is 17.6 Å². The Balaban J connectivity index is 1.83. The minimum Gasteiger partial charge on any atom is -0.508 e. The molecule has 2 aromatic rings. The Labute approximate surface area is 146 Å². The summed E-state index contributed by atoms with van der Waals surface area (Å²) in [5.74, 6) is 0.156. The van der Waals surface area contributed by atoms with Gasteiger partial charge in [-0.15, -0.1) is 0 Å². The highest BCUT2D eigenvalue weighted by Gasteiger charge is 2.09. The number of hydrogen-bond acceptors (Lipinski definition) is 5. The SMILES string of the molecule is COc1cc(CCC(=O)CC(=O)C=Cc2ccc(O)cc2)ccc1O. The summed E-state index contributed by atoms with van der Waals surface area (Å²) >= 11 is 0. The van der Waals surface area contributed by atoms with Crippen LogP contribution in [0.4, 0.5) is 0 Å². The molecule has 0 radical (unpaired) electrons. The first-order valence-electron chi connectivity index (χ1n) is 7.85. The summed E-state index contributed by atoms with van der Waals surface area (Å²) in [6, 6.07) is 11.3. The molecule has 0 spiro atoms. The van der Waals surface area contributed by atoms with Crippen molar-refractivity contribution in [3.05, 3.63) is 59.7 Å². The number of phenols is 2. The number of Topliss-reactive ketones (excluding diaryl/α,β-unsaturated/α-hetero) is 1. The van der Waals surface area contributed by atoms with E-state index in [4.69, 9.17) is 4.74 Å². The van der Waals surface area contributed by atoms with Gasteiger partial charge in [0.2, 0.25) is 0 Å². The van der Waals surface area contributed by atoms with Crippen molar-refractivity contribution in [3.8, 4) is 17.2 Å². The van der Waals surface area contributed by atoms with Crippen LogP contribution in [0.25, 0.3) is 6.08 Å². The van der Waals surface area contributed by atoms with Crippen molar-refractivity contribution in [1.82, 2.24) is 0 Å². The van der Waals surface area contributed by atoms with Gasteiger partial charge in [0, 0.05) is 6.42 Å². The van der Waals surface area contributed by atoms with Crippen LogP contribution in [0.1, 0.15) is 24.0 Å². The van der Waals surface area contributed by atoms with Gasteiger partial charge >= 0.3 is 0 Å². The van der Waals surface area contributed by atoms with Crippen LogP contribution in [-0.4, -0.2) is 28.9 Å². The number of allylic oxidation sites excluding steroid dienone is 1. The van der Waals surface area contributed by atoms with E-state index in [-0.39, 0.29) is 35.9 Å². The lowest BCUT2D eigenvalue weighted by molar-refractivity contribution is -0.124. The normalized spacial score (nSPS) is 10.8. The third kappa shape index (κ3) is 5.80. The monoisotopic (exact) mass is 340 g/mol. The lowest BCUT2D eigenvalue weighted by atomic mass is 10.0. The number of benzene rings is 2. The largest absolute Gasteiger partial charge is 0.508 e. The molecule has 130 valence electrons. The van der Waals surface area contributed by atoms with Gasteiger partial charge in [0.05, 0.1) is 13.5 Å². The molecule has 2 aromatic carbocycles. The molecular weight excluding hydrogens is 320 g/mol. The molecule has 0 aliphatic rings. The van der Waals surface area contributed by atoms with Gasteiger partial charge in [-0.3, -0.25) is 9.59 Å². The summed E-state index contributed by atoms with van der Waals surface area (Å²) in [6.45, 7) is 0. The minimum atomic E-state index is -0.263. The van der Waals surface area contributed by atoms with E-state index in [2.05, 4.69) is 0 Å². The van der Waals surface area contributed by atoms with Crippen LogP contribution in [0.5, 0.6) is 17.2 Å². The fraction of sp³-hybridized carbons (Fsp3) is 0.200. The summed E-state index contributed by atoms with van der Waals surface area (Å²) < 4.78 is 5.02. The highest BCUT2D eigenvalue weighted by Crippen LogP contribution is 2.26. The van der Waals surface area contributed by atoms with Gasteiger partial charge in [0.1, 0.15) is 11.5 Å². The van der Waals surface area contributed by atoms with Crippen molar-refractivity contribution in [2.24, 2.45) is 0 Å². The van der Waals surface area contributed by atoms with E-state index >= 15 is 0 Å². The Morgan fingerprint density at radius 1 is 1.08 bits per heavy atom. The summed E-state index contributed by atoms with van der Waals surface area (Å²) in [6.07, 6.45) is 3.55. The molecule has 0 amide bonds. The fourth-order valence-corrected chi connectivity index (χ4v) is 2.28. The standard InChI is InChI=1S/C20H20O5/c1-25-20-12-15(6-11-19(20)24)5-10-18(23)13-17(22)9-4-14-2-7-16(21)8-3-14/h2-4,6-9,11-12,21,24H,5,10,13H2,1H3. The van der Waals surface area contributed by atoms with Gasteiger partial charge in [-0.05, 0) is 47.9 Å². The molecule has 0 saturated carbocycles. The first kappa shape index (κ1) is 18.3. The Morgan fingerprint density at radius 3 is 2.48 bits per heavy atom.